The van der Waals surface area contributed by atoms with Crippen LogP contribution in [0.4, 0.5) is 0 Å². The van der Waals surface area contributed by atoms with Gasteiger partial charge in [0.05, 0.1) is 12.0 Å². The fraction of sp³-hybridized carbons (Fsp3) is 0.407. The fourth-order valence-corrected chi connectivity index (χ4v) is 5.74. The van der Waals surface area contributed by atoms with E-state index in [-0.39, 0.29) is 11.9 Å². The Morgan fingerprint density at radius 2 is 1.97 bits per heavy atom. The molecule has 10 heteroatoms. The van der Waals surface area contributed by atoms with Gasteiger partial charge in [0.1, 0.15) is 10.7 Å². The second kappa shape index (κ2) is 13.0. The number of thiazole rings is 1. The molecule has 1 atom stereocenters. The first-order valence-corrected chi connectivity index (χ1v) is 14.5. The molecule has 0 saturated heterocycles. The van der Waals surface area contributed by atoms with Crippen LogP contribution in [-0.4, -0.2) is 56.2 Å². The van der Waals surface area contributed by atoms with Gasteiger partial charge in [-0.15, -0.1) is 21.5 Å². The molecule has 1 unspecified atom stereocenters. The number of nitrogens with zero attached hydrogens (tertiary/aromatic N) is 5. The molecule has 4 rings (SSSR count). The number of carbonyl (C=O) groups is 1. The van der Waals surface area contributed by atoms with E-state index in [0.717, 1.165) is 48.3 Å². The van der Waals surface area contributed by atoms with Gasteiger partial charge in [0.15, 0.2) is 10.9 Å². The average molecular weight is 539 g/mol. The van der Waals surface area contributed by atoms with E-state index >= 15 is 0 Å². The predicted molar refractivity (Wildman–Crippen MR) is 149 cm³/mol. The Bertz CT molecular complexity index is 1260. The zero-order chi connectivity index (χ0) is 26.2. The molecule has 0 fully saturated rings. The minimum atomic E-state index is -0.120. The largest absolute Gasteiger partial charge is 0.461 e. The van der Waals surface area contributed by atoms with E-state index in [2.05, 4.69) is 65.2 Å². The molecule has 0 radical (unpaired) electrons. The van der Waals surface area contributed by atoms with E-state index < -0.39 is 0 Å². The lowest BCUT2D eigenvalue weighted by Crippen LogP contribution is -2.33. The number of hydrogen-bond acceptors (Lipinski definition) is 8. The minimum Gasteiger partial charge on any atom is -0.461 e. The quantitative estimate of drug-likeness (QED) is 0.214. The van der Waals surface area contributed by atoms with Gasteiger partial charge in [0.2, 0.25) is 5.82 Å². The van der Waals surface area contributed by atoms with Gasteiger partial charge in [-0.2, -0.15) is 0 Å². The molecular formula is C27H34N6O2S2. The highest BCUT2D eigenvalue weighted by molar-refractivity contribution is 7.98. The van der Waals surface area contributed by atoms with E-state index in [1.807, 2.05) is 34.2 Å². The number of nitrogens with one attached hydrogen (secondary N) is 1. The van der Waals surface area contributed by atoms with Gasteiger partial charge in [-0.1, -0.05) is 43.3 Å². The van der Waals surface area contributed by atoms with Crippen molar-refractivity contribution in [2.75, 3.05) is 19.6 Å². The summed E-state index contributed by atoms with van der Waals surface area (Å²) in [6.07, 6.45) is 3.63. The summed E-state index contributed by atoms with van der Waals surface area (Å²) in [5.74, 6) is 1.76. The van der Waals surface area contributed by atoms with Crippen LogP contribution in [0.5, 0.6) is 0 Å². The highest BCUT2D eigenvalue weighted by Crippen LogP contribution is 2.30. The van der Waals surface area contributed by atoms with Crippen LogP contribution in [0.3, 0.4) is 0 Å². The van der Waals surface area contributed by atoms with Gasteiger partial charge in [0.25, 0.3) is 5.91 Å². The molecule has 0 bridgehead atoms. The maximum Gasteiger partial charge on any atom is 0.270 e. The van der Waals surface area contributed by atoms with Crippen LogP contribution in [-0.2, 0) is 5.75 Å². The molecule has 0 aliphatic carbocycles. The molecule has 3 heterocycles. The SMILES string of the molecule is CCN(CC)CCCC(C)NC(=O)c1csc(CSc2nnc(-c3ccco3)n2-c2ccc(C)cc2)n1. The number of hydrogen-bond donors (Lipinski definition) is 1. The van der Waals surface area contributed by atoms with Crippen LogP contribution in [0.2, 0.25) is 0 Å². The third-order valence-corrected chi connectivity index (χ3v) is 8.13. The summed E-state index contributed by atoms with van der Waals surface area (Å²) < 4.78 is 7.59. The molecule has 0 saturated carbocycles. The third kappa shape index (κ3) is 7.09. The highest BCUT2D eigenvalue weighted by Gasteiger charge is 2.19. The molecule has 0 spiro atoms. The lowest BCUT2D eigenvalue weighted by Gasteiger charge is -2.19. The van der Waals surface area contributed by atoms with Gasteiger partial charge in [0, 0.05) is 17.1 Å². The van der Waals surface area contributed by atoms with Crippen molar-refractivity contribution in [1.82, 2.24) is 30.0 Å². The summed E-state index contributed by atoms with van der Waals surface area (Å²) in [7, 11) is 0. The Labute approximate surface area is 226 Å². The fourth-order valence-electron chi connectivity index (χ4n) is 3.99. The van der Waals surface area contributed by atoms with Crippen LogP contribution in [0.15, 0.2) is 57.6 Å². The summed E-state index contributed by atoms with van der Waals surface area (Å²) >= 11 is 3.02. The van der Waals surface area contributed by atoms with Gasteiger partial charge in [-0.05, 0) is 70.6 Å². The standard InChI is InChI=1S/C27H34N6O2S2/c1-5-32(6-2)15-7-9-20(4)28-26(34)22-17-36-24(29-22)18-37-27-31-30-25(23-10-8-16-35-23)33(27)21-13-11-19(3)12-14-21/h8,10-14,16-17,20H,5-7,9,15,18H2,1-4H3,(H,28,34). The zero-order valence-electron chi connectivity index (χ0n) is 21.8. The number of benzene rings is 1. The van der Waals surface area contributed by atoms with Crippen LogP contribution in [0.1, 0.15) is 54.7 Å². The van der Waals surface area contributed by atoms with Crippen LogP contribution in [0, 0.1) is 6.92 Å². The molecule has 1 N–H and O–H groups in total. The second-order valence-electron chi connectivity index (χ2n) is 8.91. The van der Waals surface area contributed by atoms with E-state index in [4.69, 9.17) is 4.42 Å². The molecule has 1 amide bonds. The Balaban J connectivity index is 1.38. The summed E-state index contributed by atoms with van der Waals surface area (Å²) in [6.45, 7) is 11.6. The predicted octanol–water partition coefficient (Wildman–Crippen LogP) is 5.82. The Morgan fingerprint density at radius 1 is 1.19 bits per heavy atom. The normalized spacial score (nSPS) is 12.2. The van der Waals surface area contributed by atoms with Gasteiger partial charge >= 0.3 is 0 Å². The summed E-state index contributed by atoms with van der Waals surface area (Å²) in [6, 6.07) is 12.0. The first-order chi connectivity index (χ1) is 18.0. The van der Waals surface area contributed by atoms with Crippen LogP contribution >= 0.6 is 23.1 Å². The molecule has 1 aromatic carbocycles. The first kappa shape index (κ1) is 27.1. The molecule has 0 aliphatic heterocycles. The maximum absolute atomic E-state index is 12.7. The van der Waals surface area contributed by atoms with E-state index in [9.17, 15) is 4.79 Å². The molecular weight excluding hydrogens is 504 g/mol. The topological polar surface area (TPSA) is 89.1 Å². The Morgan fingerprint density at radius 3 is 2.68 bits per heavy atom. The molecule has 0 aliphatic rings. The van der Waals surface area contributed by atoms with Crippen LogP contribution in [0.25, 0.3) is 17.3 Å². The van der Waals surface area contributed by atoms with Crippen molar-refractivity contribution in [2.45, 2.75) is 57.5 Å². The summed E-state index contributed by atoms with van der Waals surface area (Å²) in [4.78, 5) is 19.7. The minimum absolute atomic E-state index is 0.107. The number of amides is 1. The second-order valence-corrected chi connectivity index (χ2v) is 10.8. The summed E-state index contributed by atoms with van der Waals surface area (Å²) in [5.41, 5.74) is 2.60. The van der Waals surface area contributed by atoms with Crippen molar-refractivity contribution in [3.05, 3.63) is 64.3 Å². The van der Waals surface area contributed by atoms with Crippen LogP contribution < -0.4 is 5.32 Å². The van der Waals surface area contributed by atoms with Crippen molar-refractivity contribution in [1.29, 1.82) is 0 Å². The highest BCUT2D eigenvalue weighted by atomic mass is 32.2. The van der Waals surface area contributed by atoms with Gasteiger partial charge in [-0.3, -0.25) is 9.36 Å². The van der Waals surface area contributed by atoms with Crippen molar-refractivity contribution >= 4 is 29.0 Å². The number of rotatable bonds is 13. The Kier molecular flexibility index (Phi) is 9.54. The smallest absolute Gasteiger partial charge is 0.270 e. The third-order valence-electron chi connectivity index (χ3n) is 6.16. The first-order valence-electron chi connectivity index (χ1n) is 12.6. The number of furan rings is 1. The maximum atomic E-state index is 12.7. The molecule has 8 nitrogen and oxygen atoms in total. The molecule has 37 heavy (non-hydrogen) atoms. The lowest BCUT2D eigenvalue weighted by molar-refractivity contribution is 0.0932. The zero-order valence-corrected chi connectivity index (χ0v) is 23.4. The average Bonchev–Trinajstić information content (AvgIpc) is 3.66. The molecule has 3 aromatic heterocycles. The summed E-state index contributed by atoms with van der Waals surface area (Å²) in [5, 5.41) is 15.3. The van der Waals surface area contributed by atoms with Gasteiger partial charge in [-0.25, -0.2) is 4.98 Å². The van der Waals surface area contributed by atoms with E-state index in [1.54, 1.807) is 6.26 Å². The van der Waals surface area contributed by atoms with Crippen molar-refractivity contribution in [2.24, 2.45) is 0 Å². The Hall–Kier alpha value is -2.95. The number of aromatic nitrogens is 4. The van der Waals surface area contributed by atoms with Gasteiger partial charge < -0.3 is 14.6 Å². The van der Waals surface area contributed by atoms with Crippen molar-refractivity contribution in [3.8, 4) is 17.3 Å². The van der Waals surface area contributed by atoms with E-state index in [0.29, 0.717) is 23.0 Å². The lowest BCUT2D eigenvalue weighted by atomic mass is 10.1. The number of carbonyl (C=O) groups excluding carboxylic acids is 1. The van der Waals surface area contributed by atoms with Crippen molar-refractivity contribution < 1.29 is 9.21 Å². The monoisotopic (exact) mass is 538 g/mol. The number of thioether (sulfide) groups is 1. The number of aryl methyl sites for hydroxylation is 1. The molecule has 4 aromatic rings. The van der Waals surface area contributed by atoms with Crippen molar-refractivity contribution in [3.63, 3.8) is 0 Å². The van der Waals surface area contributed by atoms with E-state index in [1.165, 1.54) is 28.7 Å². The molecule has 196 valence electrons.